The highest BCUT2D eigenvalue weighted by atomic mass is 16.5. The third kappa shape index (κ3) is 9.16. The van der Waals surface area contributed by atoms with Crippen molar-refractivity contribution in [3.63, 3.8) is 0 Å². The maximum atomic E-state index is 10.4. The minimum atomic E-state index is -0.374. The molecule has 1 fully saturated rings. The molecule has 2 nitrogen and oxygen atoms in total. The van der Waals surface area contributed by atoms with Crippen LogP contribution in [0.2, 0.25) is 0 Å². The zero-order chi connectivity index (χ0) is 31.1. The second-order valence-corrected chi connectivity index (χ2v) is 14.3. The van der Waals surface area contributed by atoms with E-state index in [1.54, 1.807) is 0 Å². The van der Waals surface area contributed by atoms with Crippen molar-refractivity contribution in [2.75, 3.05) is 0 Å². The molecular formula is C40H56O2. The first-order chi connectivity index (χ1) is 19.6. The fourth-order valence-corrected chi connectivity index (χ4v) is 6.85. The molecule has 3 aliphatic rings. The van der Waals surface area contributed by atoms with Gasteiger partial charge in [-0.1, -0.05) is 123 Å². The molecule has 0 radical (unpaired) electrons. The Morgan fingerprint density at radius 2 is 1.36 bits per heavy atom. The van der Waals surface area contributed by atoms with E-state index >= 15 is 0 Å². The number of aliphatic hydroxyl groups excluding tert-OH is 1. The lowest BCUT2D eigenvalue weighted by Gasteiger charge is -2.44. The summed E-state index contributed by atoms with van der Waals surface area (Å²) < 4.78 is 6.47. The number of allylic oxidation sites excluding steroid dienone is 17. The molecule has 0 aromatic rings. The first kappa shape index (κ1) is 33.8. The molecule has 0 amide bonds. The molecule has 0 aromatic heterocycles. The monoisotopic (exact) mass is 568 g/mol. The largest absolute Gasteiger partial charge is 0.393 e. The summed E-state index contributed by atoms with van der Waals surface area (Å²) in [6.45, 7) is 22.1. The summed E-state index contributed by atoms with van der Waals surface area (Å²) in [5.74, 6) is 0. The van der Waals surface area contributed by atoms with Gasteiger partial charge in [-0.3, -0.25) is 0 Å². The molecule has 0 spiro atoms. The summed E-state index contributed by atoms with van der Waals surface area (Å²) in [7, 11) is 0. The van der Waals surface area contributed by atoms with Crippen LogP contribution in [-0.4, -0.2) is 22.9 Å². The lowest BCUT2D eigenvalue weighted by molar-refractivity contribution is -0.0683. The average Bonchev–Trinajstić information content (AvgIpc) is 3.23. The Kier molecular flexibility index (Phi) is 11.4. The maximum Gasteiger partial charge on any atom is 0.0982 e. The predicted octanol–water partition coefficient (Wildman–Crippen LogP) is 10.8. The number of rotatable bonds is 9. The van der Waals surface area contributed by atoms with Crippen LogP contribution in [-0.2, 0) is 4.74 Å². The highest BCUT2D eigenvalue weighted by molar-refractivity contribution is 5.39. The quantitative estimate of drug-likeness (QED) is 0.221. The van der Waals surface area contributed by atoms with E-state index < -0.39 is 0 Å². The van der Waals surface area contributed by atoms with Gasteiger partial charge in [-0.15, -0.1) is 0 Å². The molecule has 0 bridgehead atoms. The fraction of sp³-hybridized carbons (Fsp3) is 0.500. The van der Waals surface area contributed by atoms with Gasteiger partial charge in [0, 0.05) is 6.42 Å². The van der Waals surface area contributed by atoms with Gasteiger partial charge < -0.3 is 9.84 Å². The molecule has 1 saturated carbocycles. The van der Waals surface area contributed by atoms with Gasteiger partial charge in [0.1, 0.15) is 0 Å². The highest BCUT2D eigenvalue weighted by Gasteiger charge is 2.50. The van der Waals surface area contributed by atoms with E-state index in [9.17, 15) is 5.11 Å². The third-order valence-corrected chi connectivity index (χ3v) is 9.15. The Labute approximate surface area is 257 Å². The van der Waals surface area contributed by atoms with E-state index in [4.69, 9.17) is 4.74 Å². The van der Waals surface area contributed by atoms with Crippen molar-refractivity contribution in [2.45, 2.75) is 119 Å². The zero-order valence-electron chi connectivity index (χ0n) is 28.1. The molecule has 1 heterocycles. The zero-order valence-corrected chi connectivity index (χ0v) is 28.1. The molecule has 2 aliphatic carbocycles. The number of hydrogen-bond donors (Lipinski definition) is 1. The van der Waals surface area contributed by atoms with Crippen LogP contribution in [0, 0.1) is 10.8 Å². The van der Waals surface area contributed by atoms with E-state index in [1.807, 2.05) is 0 Å². The molecule has 2 heteroatoms. The molecule has 3 atom stereocenters. The molecule has 42 heavy (non-hydrogen) atoms. The minimum absolute atomic E-state index is 0.0372. The number of aliphatic hydroxyl groups is 1. The van der Waals surface area contributed by atoms with Gasteiger partial charge in [0.05, 0.1) is 17.8 Å². The Morgan fingerprint density at radius 3 is 1.98 bits per heavy atom. The van der Waals surface area contributed by atoms with Gasteiger partial charge in [0.25, 0.3) is 0 Å². The van der Waals surface area contributed by atoms with Gasteiger partial charge in [-0.05, 0) is 101 Å². The highest BCUT2D eigenvalue weighted by Crippen LogP contribution is 2.52. The third-order valence-electron chi connectivity index (χ3n) is 9.15. The second-order valence-electron chi connectivity index (χ2n) is 14.3. The van der Waals surface area contributed by atoms with Crippen LogP contribution in [0.4, 0.5) is 0 Å². The van der Waals surface area contributed by atoms with Gasteiger partial charge >= 0.3 is 0 Å². The maximum absolute atomic E-state index is 10.4. The summed E-state index contributed by atoms with van der Waals surface area (Å²) in [5, 5.41) is 10.4. The number of ether oxygens (including phenoxy) is 1. The van der Waals surface area contributed by atoms with Crippen molar-refractivity contribution in [1.82, 2.24) is 0 Å². The van der Waals surface area contributed by atoms with Gasteiger partial charge in [0.15, 0.2) is 0 Å². The van der Waals surface area contributed by atoms with E-state index in [2.05, 4.69) is 148 Å². The van der Waals surface area contributed by atoms with E-state index in [0.29, 0.717) is 6.42 Å². The minimum Gasteiger partial charge on any atom is -0.393 e. The normalized spacial score (nSPS) is 29.5. The summed E-state index contributed by atoms with van der Waals surface area (Å²) in [5.41, 5.74) is 9.08. The summed E-state index contributed by atoms with van der Waals surface area (Å²) >= 11 is 0. The second kappa shape index (κ2) is 14.2. The van der Waals surface area contributed by atoms with Crippen LogP contribution in [0.15, 0.2) is 118 Å². The SMILES string of the molecule is CC1=C(/C=C/C(C)=C/C=C/C(C)=C/C=C/C=C(C)/C=C/C=C(\C)[C@@H]2C=C3C(C)(C)C[C@H](O)C[C@@]3(C)O2)C(C)(C)CCC1. The summed E-state index contributed by atoms with van der Waals surface area (Å²) in [4.78, 5) is 0. The molecule has 0 unspecified atom stereocenters. The van der Waals surface area contributed by atoms with E-state index in [0.717, 1.165) is 6.42 Å². The molecule has 228 valence electrons. The Bertz CT molecular complexity index is 1290. The first-order valence-corrected chi connectivity index (χ1v) is 15.8. The van der Waals surface area contributed by atoms with E-state index in [1.165, 1.54) is 58.3 Å². The molecule has 1 N–H and O–H groups in total. The van der Waals surface area contributed by atoms with Crippen molar-refractivity contribution in [1.29, 1.82) is 0 Å². The Hall–Kier alpha value is -2.68. The van der Waals surface area contributed by atoms with Crippen LogP contribution >= 0.6 is 0 Å². The fourth-order valence-electron chi connectivity index (χ4n) is 6.85. The summed E-state index contributed by atoms with van der Waals surface area (Å²) in [6, 6.07) is 0. The molecule has 3 rings (SSSR count). The van der Waals surface area contributed by atoms with Gasteiger partial charge in [-0.25, -0.2) is 0 Å². The first-order valence-electron chi connectivity index (χ1n) is 15.8. The van der Waals surface area contributed by atoms with Gasteiger partial charge in [0.2, 0.25) is 0 Å². The lowest BCUT2D eigenvalue weighted by Crippen LogP contribution is -2.45. The number of hydrogen-bond acceptors (Lipinski definition) is 2. The van der Waals surface area contributed by atoms with Crippen molar-refractivity contribution >= 4 is 0 Å². The van der Waals surface area contributed by atoms with Crippen LogP contribution in [0.1, 0.15) is 101 Å². The smallest absolute Gasteiger partial charge is 0.0982 e. The van der Waals surface area contributed by atoms with Crippen LogP contribution < -0.4 is 0 Å². The van der Waals surface area contributed by atoms with Crippen molar-refractivity contribution in [2.24, 2.45) is 10.8 Å². The molecule has 0 saturated heterocycles. The van der Waals surface area contributed by atoms with Crippen LogP contribution in [0.3, 0.4) is 0 Å². The van der Waals surface area contributed by atoms with Crippen molar-refractivity contribution < 1.29 is 9.84 Å². The molecular weight excluding hydrogens is 512 g/mol. The Balaban J connectivity index is 1.52. The average molecular weight is 569 g/mol. The topological polar surface area (TPSA) is 29.5 Å². The Morgan fingerprint density at radius 1 is 0.786 bits per heavy atom. The predicted molar refractivity (Wildman–Crippen MR) is 182 cm³/mol. The lowest BCUT2D eigenvalue weighted by atomic mass is 9.65. The summed E-state index contributed by atoms with van der Waals surface area (Å²) in [6.07, 6.45) is 33.0. The van der Waals surface area contributed by atoms with Crippen molar-refractivity contribution in [3.8, 4) is 0 Å². The van der Waals surface area contributed by atoms with Crippen LogP contribution in [0.5, 0.6) is 0 Å². The van der Waals surface area contributed by atoms with E-state index in [-0.39, 0.29) is 28.6 Å². The molecule has 1 aliphatic heterocycles. The van der Waals surface area contributed by atoms with Crippen LogP contribution in [0.25, 0.3) is 0 Å². The van der Waals surface area contributed by atoms with Crippen molar-refractivity contribution in [3.05, 3.63) is 118 Å². The molecule has 0 aromatic carbocycles. The van der Waals surface area contributed by atoms with Gasteiger partial charge in [-0.2, -0.15) is 0 Å². The standard InChI is InChI=1S/C40H56O2/c1-29(18-13-19-31(3)23-24-35-32(4)22-15-25-38(35,6)7)16-11-12-17-30(2)20-14-21-33(5)36-26-37-39(8,9)27-34(41)28-40(37,10)42-36/h11-14,16-21,23-24,26,34,36,41H,15,22,25,27-28H2,1-10H3/b12-11+,18-13+,20-14+,24-23+,29-16+,30-17+,31-19+,33-21+/t34-,36-,40+/m0/s1. The number of fused-ring (bicyclic) bond motifs is 1.